The van der Waals surface area contributed by atoms with Crippen molar-refractivity contribution in [1.29, 1.82) is 0 Å². The van der Waals surface area contributed by atoms with Gasteiger partial charge in [0.15, 0.2) is 5.13 Å². The van der Waals surface area contributed by atoms with Crippen molar-refractivity contribution in [2.24, 2.45) is 0 Å². The minimum Gasteiger partial charge on any atom is -0.298 e. The predicted molar refractivity (Wildman–Crippen MR) is 115 cm³/mol. The number of aryl methyl sites for hydroxylation is 2. The third kappa shape index (κ3) is 4.05. The Balaban J connectivity index is 1.55. The minimum absolute atomic E-state index is 0.134. The number of hydrogen-bond donors (Lipinski definition) is 1. The van der Waals surface area contributed by atoms with Crippen LogP contribution in [0, 0.1) is 13.8 Å². The highest BCUT2D eigenvalue weighted by molar-refractivity contribution is 7.98. The quantitative estimate of drug-likeness (QED) is 0.415. The number of rotatable bonds is 5. The van der Waals surface area contributed by atoms with Gasteiger partial charge in [0, 0.05) is 16.0 Å². The molecule has 2 aromatic carbocycles. The van der Waals surface area contributed by atoms with Crippen LogP contribution in [0.5, 0.6) is 0 Å². The van der Waals surface area contributed by atoms with Crippen molar-refractivity contribution in [2.45, 2.75) is 24.5 Å². The van der Waals surface area contributed by atoms with E-state index in [-0.39, 0.29) is 5.91 Å². The lowest BCUT2D eigenvalue weighted by Gasteiger charge is -2.07. The molecule has 2 aromatic heterocycles. The lowest BCUT2D eigenvalue weighted by molar-refractivity contribution is 0.102. The number of benzene rings is 2. The van der Waals surface area contributed by atoms with Gasteiger partial charge >= 0.3 is 0 Å². The van der Waals surface area contributed by atoms with Crippen molar-refractivity contribution in [1.82, 2.24) is 9.97 Å². The highest BCUT2D eigenvalue weighted by Gasteiger charge is 2.15. The van der Waals surface area contributed by atoms with Gasteiger partial charge in [-0.25, -0.2) is 9.97 Å². The molecule has 0 bridgehead atoms. The summed E-state index contributed by atoms with van der Waals surface area (Å²) < 4.78 is 1.09. The Labute approximate surface area is 169 Å². The SMILES string of the molecule is Cc1cc(C)c2nc(NC(=O)c3ccccc3SCc3cscn3)sc2c1. The maximum Gasteiger partial charge on any atom is 0.258 e. The number of aromatic nitrogens is 2. The third-order valence-electron chi connectivity index (χ3n) is 4.04. The van der Waals surface area contributed by atoms with Gasteiger partial charge in [-0.15, -0.1) is 23.1 Å². The molecule has 0 aliphatic rings. The molecule has 0 atom stereocenters. The zero-order chi connectivity index (χ0) is 18.8. The molecule has 0 radical (unpaired) electrons. The van der Waals surface area contributed by atoms with Gasteiger partial charge in [-0.1, -0.05) is 29.5 Å². The standard InChI is InChI=1S/C20H17N3OS3/c1-12-7-13(2)18-17(8-12)27-20(22-18)23-19(24)15-5-3-4-6-16(15)26-10-14-9-25-11-21-14/h3-9,11H,10H2,1-2H3,(H,22,23,24). The van der Waals surface area contributed by atoms with Crippen molar-refractivity contribution in [2.75, 3.05) is 5.32 Å². The van der Waals surface area contributed by atoms with Gasteiger partial charge in [0.2, 0.25) is 0 Å². The minimum atomic E-state index is -0.134. The van der Waals surface area contributed by atoms with Gasteiger partial charge in [0.25, 0.3) is 5.91 Å². The number of fused-ring (bicyclic) bond motifs is 1. The Morgan fingerprint density at radius 3 is 2.89 bits per heavy atom. The van der Waals surface area contributed by atoms with Gasteiger partial charge < -0.3 is 0 Å². The molecule has 2 heterocycles. The average Bonchev–Trinajstić information content (AvgIpc) is 3.29. The van der Waals surface area contributed by atoms with Crippen LogP contribution in [0.15, 0.2) is 52.2 Å². The largest absolute Gasteiger partial charge is 0.298 e. The number of carbonyl (C=O) groups is 1. The summed E-state index contributed by atoms with van der Waals surface area (Å²) in [5.41, 5.74) is 6.78. The van der Waals surface area contributed by atoms with Crippen LogP contribution < -0.4 is 5.32 Å². The van der Waals surface area contributed by atoms with Gasteiger partial charge in [-0.05, 0) is 43.2 Å². The summed E-state index contributed by atoms with van der Waals surface area (Å²) in [6.07, 6.45) is 0. The monoisotopic (exact) mass is 411 g/mol. The van der Waals surface area contributed by atoms with Gasteiger partial charge in [-0.3, -0.25) is 10.1 Å². The first-order valence-corrected chi connectivity index (χ1v) is 11.1. The molecule has 1 amide bonds. The van der Waals surface area contributed by atoms with Crippen LogP contribution in [0.4, 0.5) is 5.13 Å². The zero-order valence-electron chi connectivity index (χ0n) is 14.9. The van der Waals surface area contributed by atoms with Crippen LogP contribution in [0.3, 0.4) is 0 Å². The first-order chi connectivity index (χ1) is 13.1. The van der Waals surface area contributed by atoms with Crippen LogP contribution in [-0.4, -0.2) is 15.9 Å². The smallest absolute Gasteiger partial charge is 0.258 e. The summed E-state index contributed by atoms with van der Waals surface area (Å²) in [5.74, 6) is 0.609. The molecule has 0 saturated carbocycles. The second-order valence-corrected chi connectivity index (χ2v) is 8.93. The normalized spacial score (nSPS) is 11.0. The average molecular weight is 412 g/mol. The highest BCUT2D eigenvalue weighted by Crippen LogP contribution is 2.31. The number of thiazole rings is 2. The van der Waals surface area contributed by atoms with Gasteiger partial charge in [0.1, 0.15) is 0 Å². The van der Waals surface area contributed by atoms with Gasteiger partial charge in [0.05, 0.1) is 27.0 Å². The number of anilines is 1. The number of carbonyl (C=O) groups excluding carboxylic acids is 1. The fraction of sp³-hybridized carbons (Fsp3) is 0.150. The fourth-order valence-corrected chi connectivity index (χ4v) is 5.48. The van der Waals surface area contributed by atoms with Gasteiger partial charge in [-0.2, -0.15) is 0 Å². The van der Waals surface area contributed by atoms with E-state index in [9.17, 15) is 4.79 Å². The summed E-state index contributed by atoms with van der Waals surface area (Å²) in [6, 6.07) is 11.9. The fourth-order valence-electron chi connectivity index (χ4n) is 2.83. The van der Waals surface area contributed by atoms with Crippen LogP contribution >= 0.6 is 34.4 Å². The molecule has 0 saturated heterocycles. The Morgan fingerprint density at radius 1 is 1.22 bits per heavy atom. The molecular weight excluding hydrogens is 394 g/mol. The van der Waals surface area contributed by atoms with Crippen LogP contribution in [-0.2, 0) is 5.75 Å². The lowest BCUT2D eigenvalue weighted by atomic mass is 10.1. The van der Waals surface area contributed by atoms with Crippen molar-refractivity contribution >= 4 is 55.7 Å². The number of nitrogens with one attached hydrogen (secondary N) is 1. The molecule has 0 fully saturated rings. The molecule has 0 aliphatic carbocycles. The van der Waals surface area contributed by atoms with E-state index >= 15 is 0 Å². The zero-order valence-corrected chi connectivity index (χ0v) is 17.3. The number of nitrogens with zero attached hydrogens (tertiary/aromatic N) is 2. The van der Waals surface area contributed by atoms with E-state index in [0.717, 1.165) is 32.1 Å². The first-order valence-electron chi connectivity index (χ1n) is 8.38. The number of thioether (sulfide) groups is 1. The van der Waals surface area contributed by atoms with E-state index in [1.165, 1.54) is 16.9 Å². The first kappa shape index (κ1) is 18.2. The van der Waals surface area contributed by atoms with Crippen LogP contribution in [0.1, 0.15) is 27.2 Å². The van der Waals surface area contributed by atoms with E-state index in [4.69, 9.17) is 0 Å². The molecule has 7 heteroatoms. The second kappa shape index (κ2) is 7.80. The van der Waals surface area contributed by atoms with E-state index in [1.54, 1.807) is 23.1 Å². The van der Waals surface area contributed by atoms with E-state index < -0.39 is 0 Å². The van der Waals surface area contributed by atoms with Crippen molar-refractivity contribution in [3.8, 4) is 0 Å². The topological polar surface area (TPSA) is 54.9 Å². The van der Waals surface area contributed by atoms with Crippen LogP contribution in [0.25, 0.3) is 10.2 Å². The third-order valence-corrected chi connectivity index (χ3v) is 6.70. The molecule has 4 nitrogen and oxygen atoms in total. The van der Waals surface area contributed by atoms with E-state index in [1.807, 2.05) is 42.1 Å². The van der Waals surface area contributed by atoms with Crippen molar-refractivity contribution in [3.05, 3.63) is 69.7 Å². The van der Waals surface area contributed by atoms with E-state index in [2.05, 4.69) is 34.3 Å². The number of hydrogen-bond acceptors (Lipinski definition) is 6. The Morgan fingerprint density at radius 2 is 2.07 bits per heavy atom. The Hall–Kier alpha value is -2.22. The number of amides is 1. The molecule has 0 unspecified atom stereocenters. The van der Waals surface area contributed by atoms with Crippen molar-refractivity contribution < 1.29 is 4.79 Å². The van der Waals surface area contributed by atoms with E-state index in [0.29, 0.717) is 10.7 Å². The van der Waals surface area contributed by atoms with Crippen molar-refractivity contribution in [3.63, 3.8) is 0 Å². The Kier molecular flexibility index (Phi) is 5.24. The molecule has 0 aliphatic heterocycles. The summed E-state index contributed by atoms with van der Waals surface area (Å²) >= 11 is 4.71. The molecule has 4 rings (SSSR count). The maximum absolute atomic E-state index is 12.9. The molecular formula is C20H17N3OS3. The summed E-state index contributed by atoms with van der Waals surface area (Å²) in [7, 11) is 0. The lowest BCUT2D eigenvalue weighted by Crippen LogP contribution is -2.12. The highest BCUT2D eigenvalue weighted by atomic mass is 32.2. The second-order valence-electron chi connectivity index (χ2n) is 6.17. The maximum atomic E-state index is 12.9. The molecule has 27 heavy (non-hydrogen) atoms. The molecule has 0 spiro atoms. The van der Waals surface area contributed by atoms with Crippen LogP contribution in [0.2, 0.25) is 0 Å². The predicted octanol–water partition coefficient (Wildman–Crippen LogP) is 5.91. The molecule has 1 N–H and O–H groups in total. The summed E-state index contributed by atoms with van der Waals surface area (Å²) in [5, 5.41) is 5.63. The molecule has 4 aromatic rings. The Bertz CT molecular complexity index is 1100. The molecule has 136 valence electrons. The summed E-state index contributed by atoms with van der Waals surface area (Å²) in [6.45, 7) is 4.12. The summed E-state index contributed by atoms with van der Waals surface area (Å²) in [4.78, 5) is 22.7.